The van der Waals surface area contributed by atoms with E-state index in [0.29, 0.717) is 5.56 Å². The number of benzene rings is 3. The Balaban J connectivity index is 1.18. The number of rotatable bonds is 8. The monoisotopic (exact) mass is 506 g/mol. The number of amides is 1. The maximum absolute atomic E-state index is 13.3. The molecule has 1 aliphatic rings. The van der Waals surface area contributed by atoms with E-state index in [-0.39, 0.29) is 11.7 Å². The molecule has 5 rings (SSSR count). The summed E-state index contributed by atoms with van der Waals surface area (Å²) in [6.07, 6.45) is 5.97. The summed E-state index contributed by atoms with van der Waals surface area (Å²) in [6, 6.07) is 24.0. The van der Waals surface area contributed by atoms with E-state index in [0.717, 1.165) is 68.0 Å². The van der Waals surface area contributed by atoms with Crippen molar-refractivity contribution >= 4 is 28.9 Å². The Morgan fingerprint density at radius 1 is 0.947 bits per heavy atom. The Morgan fingerprint density at radius 3 is 2.37 bits per heavy atom. The van der Waals surface area contributed by atoms with Crippen molar-refractivity contribution in [1.82, 2.24) is 19.4 Å². The van der Waals surface area contributed by atoms with Gasteiger partial charge in [-0.2, -0.15) is 0 Å². The minimum Gasteiger partial charge on any atom is -0.384 e. The molecule has 1 aliphatic heterocycles. The van der Waals surface area contributed by atoms with Gasteiger partial charge in [0.05, 0.1) is 11.0 Å². The Morgan fingerprint density at radius 2 is 1.66 bits per heavy atom. The lowest BCUT2D eigenvalue weighted by atomic mass is 10.1. The van der Waals surface area contributed by atoms with Crippen molar-refractivity contribution in [2.24, 2.45) is 12.8 Å². The second-order valence-corrected chi connectivity index (χ2v) is 9.81. The molecule has 3 N–H and O–H groups in total. The Labute approximate surface area is 223 Å². The smallest absolute Gasteiger partial charge is 0.254 e. The van der Waals surface area contributed by atoms with E-state index >= 15 is 0 Å². The molecule has 1 aromatic heterocycles. The number of carbonyl (C=O) groups is 1. The molecule has 7 nitrogen and oxygen atoms in total. The maximum Gasteiger partial charge on any atom is 0.254 e. The molecule has 0 atom stereocenters. The van der Waals surface area contributed by atoms with Crippen LogP contribution in [0, 0.1) is 5.41 Å². The molecule has 3 aromatic carbocycles. The van der Waals surface area contributed by atoms with E-state index in [4.69, 9.17) is 16.1 Å². The number of fused-ring (bicyclic) bond motifs is 1. The van der Waals surface area contributed by atoms with Crippen molar-refractivity contribution in [1.29, 1.82) is 5.41 Å². The van der Waals surface area contributed by atoms with E-state index in [1.807, 2.05) is 72.6 Å². The van der Waals surface area contributed by atoms with Crippen molar-refractivity contribution in [2.75, 3.05) is 32.7 Å². The second-order valence-electron chi connectivity index (χ2n) is 9.81. The standard InChI is InChI=1S/C31H34N6O/c1-35-28-15-14-26(22-27(28)34-29(35)16-11-24-9-12-25(13-10-24)30(32)33)31(38)37-20-18-36(19-21-37)17-5-8-23-6-3-2-4-7-23/h2-10,12-15,22H,11,16-21H2,1H3,(H3,32,33)/b8-5+. The van der Waals surface area contributed by atoms with E-state index in [1.165, 1.54) is 11.1 Å². The number of nitrogen functional groups attached to an aromatic ring is 1. The van der Waals surface area contributed by atoms with Gasteiger partial charge in [0.15, 0.2) is 0 Å². The molecule has 0 unspecified atom stereocenters. The van der Waals surface area contributed by atoms with Crippen molar-refractivity contribution in [3.05, 3.63) is 107 Å². The van der Waals surface area contributed by atoms with E-state index in [2.05, 4.69) is 33.8 Å². The second kappa shape index (κ2) is 11.4. The molecular formula is C31H34N6O. The SMILES string of the molecule is Cn1c(CCc2ccc(C(=N)N)cc2)nc2cc(C(=O)N3CCN(C/C=C/c4ccccc4)CC3)ccc21. The summed E-state index contributed by atoms with van der Waals surface area (Å²) < 4.78 is 2.11. The van der Waals surface area contributed by atoms with Crippen LogP contribution in [0.1, 0.15) is 32.9 Å². The predicted octanol–water partition coefficient (Wildman–Crippen LogP) is 4.11. The van der Waals surface area contributed by atoms with Crippen molar-refractivity contribution in [2.45, 2.75) is 12.8 Å². The number of amidine groups is 1. The number of nitrogens with zero attached hydrogens (tertiary/aromatic N) is 4. The van der Waals surface area contributed by atoms with Crippen LogP contribution in [-0.4, -0.2) is 63.8 Å². The van der Waals surface area contributed by atoms with Gasteiger partial charge >= 0.3 is 0 Å². The molecule has 2 heterocycles. The number of aryl methyl sites for hydroxylation is 3. The van der Waals surface area contributed by atoms with Gasteiger partial charge in [-0.25, -0.2) is 4.98 Å². The molecule has 0 saturated carbocycles. The van der Waals surface area contributed by atoms with Gasteiger partial charge in [-0.05, 0) is 35.7 Å². The first-order chi connectivity index (χ1) is 18.5. The van der Waals surface area contributed by atoms with Gasteiger partial charge in [-0.15, -0.1) is 0 Å². The molecule has 0 radical (unpaired) electrons. The number of aromatic nitrogens is 2. The van der Waals surface area contributed by atoms with Crippen LogP contribution in [0.25, 0.3) is 17.1 Å². The molecule has 4 aromatic rings. The Kier molecular flexibility index (Phi) is 7.65. The molecule has 0 spiro atoms. The summed E-state index contributed by atoms with van der Waals surface area (Å²) in [5.74, 6) is 1.14. The summed E-state index contributed by atoms with van der Waals surface area (Å²) in [5, 5.41) is 7.54. The van der Waals surface area contributed by atoms with Gasteiger partial charge in [0, 0.05) is 57.3 Å². The zero-order valence-electron chi connectivity index (χ0n) is 21.8. The number of imidazole rings is 1. The average molecular weight is 507 g/mol. The summed E-state index contributed by atoms with van der Waals surface area (Å²) in [6.45, 7) is 4.08. The maximum atomic E-state index is 13.3. The van der Waals surface area contributed by atoms with Crippen molar-refractivity contribution in [3.63, 3.8) is 0 Å². The normalized spacial score (nSPS) is 14.4. The van der Waals surface area contributed by atoms with Crippen LogP contribution in [0.4, 0.5) is 0 Å². The predicted molar refractivity (Wildman–Crippen MR) is 153 cm³/mol. The lowest BCUT2D eigenvalue weighted by Gasteiger charge is -2.34. The van der Waals surface area contributed by atoms with Gasteiger partial charge in [0.2, 0.25) is 0 Å². The fraction of sp³-hybridized carbons (Fsp3) is 0.258. The molecule has 1 amide bonds. The van der Waals surface area contributed by atoms with Crippen LogP contribution < -0.4 is 5.73 Å². The highest BCUT2D eigenvalue weighted by Crippen LogP contribution is 2.20. The average Bonchev–Trinajstić information content (AvgIpc) is 3.27. The van der Waals surface area contributed by atoms with Crippen LogP contribution in [-0.2, 0) is 19.9 Å². The quantitative estimate of drug-likeness (QED) is 0.278. The summed E-state index contributed by atoms with van der Waals surface area (Å²) >= 11 is 0. The van der Waals surface area contributed by atoms with Crippen LogP contribution >= 0.6 is 0 Å². The first kappa shape index (κ1) is 25.4. The van der Waals surface area contributed by atoms with Gasteiger partial charge in [0.1, 0.15) is 11.7 Å². The van der Waals surface area contributed by atoms with Crippen LogP contribution in [0.5, 0.6) is 0 Å². The van der Waals surface area contributed by atoms with Gasteiger partial charge in [-0.3, -0.25) is 15.1 Å². The molecule has 1 saturated heterocycles. The third kappa shape index (κ3) is 5.84. The minimum absolute atomic E-state index is 0.0733. The third-order valence-corrected chi connectivity index (χ3v) is 7.26. The lowest BCUT2D eigenvalue weighted by Crippen LogP contribution is -2.48. The molecule has 194 valence electrons. The van der Waals surface area contributed by atoms with E-state index in [9.17, 15) is 4.79 Å². The highest BCUT2D eigenvalue weighted by atomic mass is 16.2. The fourth-order valence-corrected chi connectivity index (χ4v) is 4.93. The third-order valence-electron chi connectivity index (χ3n) is 7.26. The molecule has 0 aliphatic carbocycles. The Bertz CT molecular complexity index is 1450. The number of hydrogen-bond donors (Lipinski definition) is 2. The summed E-state index contributed by atoms with van der Waals surface area (Å²) in [7, 11) is 2.02. The van der Waals surface area contributed by atoms with Gasteiger partial charge < -0.3 is 15.2 Å². The van der Waals surface area contributed by atoms with Crippen LogP contribution in [0.2, 0.25) is 0 Å². The van der Waals surface area contributed by atoms with Crippen molar-refractivity contribution in [3.8, 4) is 0 Å². The number of carbonyl (C=O) groups excluding carboxylic acids is 1. The zero-order chi connectivity index (χ0) is 26.5. The first-order valence-corrected chi connectivity index (χ1v) is 13.1. The number of hydrogen-bond acceptors (Lipinski definition) is 4. The van der Waals surface area contributed by atoms with E-state index in [1.54, 1.807) is 0 Å². The van der Waals surface area contributed by atoms with Crippen LogP contribution in [0.3, 0.4) is 0 Å². The molecule has 38 heavy (non-hydrogen) atoms. The summed E-state index contributed by atoms with van der Waals surface area (Å²) in [4.78, 5) is 22.4. The molecule has 0 bridgehead atoms. The number of nitrogens with one attached hydrogen (secondary N) is 1. The highest BCUT2D eigenvalue weighted by Gasteiger charge is 2.22. The summed E-state index contributed by atoms with van der Waals surface area (Å²) in [5.41, 5.74) is 11.2. The highest BCUT2D eigenvalue weighted by molar-refractivity contribution is 5.97. The van der Waals surface area contributed by atoms with Gasteiger partial charge in [0.25, 0.3) is 5.91 Å². The number of piperazine rings is 1. The van der Waals surface area contributed by atoms with Gasteiger partial charge in [-0.1, -0.05) is 66.7 Å². The number of nitrogens with two attached hydrogens (primary N) is 1. The topological polar surface area (TPSA) is 91.2 Å². The molecular weight excluding hydrogens is 472 g/mol. The minimum atomic E-state index is 0.0733. The van der Waals surface area contributed by atoms with Crippen molar-refractivity contribution < 1.29 is 4.79 Å². The molecule has 1 fully saturated rings. The largest absolute Gasteiger partial charge is 0.384 e. The molecule has 7 heteroatoms. The first-order valence-electron chi connectivity index (χ1n) is 13.1. The van der Waals surface area contributed by atoms with E-state index < -0.39 is 0 Å². The van der Waals surface area contributed by atoms with Crippen LogP contribution in [0.15, 0.2) is 78.9 Å². The zero-order valence-corrected chi connectivity index (χ0v) is 21.8. The fourth-order valence-electron chi connectivity index (χ4n) is 4.93. The Hall–Kier alpha value is -4.23. The lowest BCUT2D eigenvalue weighted by molar-refractivity contribution is 0.0650.